The number of ether oxygens (including phenoxy) is 1. The summed E-state index contributed by atoms with van der Waals surface area (Å²) in [5, 5.41) is 17.6. The quantitative estimate of drug-likeness (QED) is 0.211. The van der Waals surface area contributed by atoms with E-state index in [0.29, 0.717) is 12.8 Å². The fourth-order valence-corrected chi connectivity index (χ4v) is 0.789. The summed E-state index contributed by atoms with van der Waals surface area (Å²) >= 11 is 0. The molecule has 0 aliphatic carbocycles. The number of nitrogens with zero attached hydrogens (tertiary/aromatic N) is 1. The van der Waals surface area contributed by atoms with Crippen molar-refractivity contribution in [3.05, 3.63) is 10.1 Å². The van der Waals surface area contributed by atoms with E-state index in [0.717, 1.165) is 0 Å². The monoisotopic (exact) mass is 207 g/mol. The summed E-state index contributed by atoms with van der Waals surface area (Å²) in [6.07, 6.45) is -0.232. The Morgan fingerprint density at radius 2 is 2.21 bits per heavy atom. The average Bonchev–Trinajstić information content (AvgIpc) is 2.01. The van der Waals surface area contributed by atoms with E-state index in [1.54, 1.807) is 0 Å². The van der Waals surface area contributed by atoms with E-state index in [9.17, 15) is 14.9 Å². The number of carbonyl (C=O) groups excluding carboxylic acids is 1. The van der Waals surface area contributed by atoms with Crippen LogP contribution in [0.1, 0.15) is 26.2 Å². The van der Waals surface area contributed by atoms with E-state index >= 15 is 0 Å². The van der Waals surface area contributed by atoms with E-state index in [2.05, 4.69) is 9.57 Å². The van der Waals surface area contributed by atoms with Crippen molar-refractivity contribution >= 4 is 5.97 Å². The number of aliphatic hydroxyl groups is 1. The van der Waals surface area contributed by atoms with Gasteiger partial charge in [-0.1, -0.05) is 0 Å². The molecule has 0 radical (unpaired) electrons. The molecule has 0 saturated heterocycles. The minimum Gasteiger partial charge on any atom is -0.466 e. The van der Waals surface area contributed by atoms with Crippen LogP contribution in [0.4, 0.5) is 0 Å². The minimum absolute atomic E-state index is 0.141. The van der Waals surface area contributed by atoms with Crippen molar-refractivity contribution in [1.29, 1.82) is 0 Å². The van der Waals surface area contributed by atoms with Crippen molar-refractivity contribution in [3.8, 4) is 0 Å². The van der Waals surface area contributed by atoms with E-state index in [-0.39, 0.29) is 19.0 Å². The van der Waals surface area contributed by atoms with Gasteiger partial charge in [-0.25, -0.2) is 0 Å². The zero-order valence-corrected chi connectivity index (χ0v) is 7.84. The largest absolute Gasteiger partial charge is 0.466 e. The van der Waals surface area contributed by atoms with Gasteiger partial charge in [-0.2, -0.15) is 0 Å². The van der Waals surface area contributed by atoms with Crippen molar-refractivity contribution in [2.45, 2.75) is 32.5 Å². The molecule has 0 aliphatic rings. The zero-order valence-electron chi connectivity index (χ0n) is 7.84. The number of hydrogen-bond donors (Lipinski definition) is 1. The minimum atomic E-state index is -1.40. The first kappa shape index (κ1) is 12.6. The Bertz CT molecular complexity index is 195. The van der Waals surface area contributed by atoms with Gasteiger partial charge in [-0.05, 0) is 19.3 Å². The first-order valence-electron chi connectivity index (χ1n) is 4.15. The lowest BCUT2D eigenvalue weighted by molar-refractivity contribution is -0.780. The Labute approximate surface area is 80.7 Å². The number of aliphatic hydroxyl groups excluding tert-OH is 1. The summed E-state index contributed by atoms with van der Waals surface area (Å²) in [5.41, 5.74) is 0. The number of hydrogen-bond acceptors (Lipinski definition) is 6. The first-order valence-corrected chi connectivity index (χ1v) is 4.15. The van der Waals surface area contributed by atoms with Crippen LogP contribution in [0.3, 0.4) is 0 Å². The lowest BCUT2D eigenvalue weighted by Crippen LogP contribution is -2.16. The van der Waals surface area contributed by atoms with Crippen LogP contribution >= 0.6 is 0 Å². The van der Waals surface area contributed by atoms with Gasteiger partial charge in [0, 0.05) is 6.92 Å². The molecule has 0 heterocycles. The molecule has 0 aromatic rings. The second-order valence-electron chi connectivity index (χ2n) is 2.62. The second kappa shape index (κ2) is 7.07. The molecule has 82 valence electrons. The van der Waals surface area contributed by atoms with Crippen LogP contribution in [0.15, 0.2) is 0 Å². The van der Waals surface area contributed by atoms with E-state index in [1.807, 2.05) is 0 Å². The molecule has 0 aliphatic heterocycles. The van der Waals surface area contributed by atoms with Crippen molar-refractivity contribution in [2.24, 2.45) is 0 Å². The highest BCUT2D eigenvalue weighted by Gasteiger charge is 2.07. The van der Waals surface area contributed by atoms with Crippen LogP contribution in [-0.2, 0) is 14.4 Å². The van der Waals surface area contributed by atoms with E-state index in [4.69, 9.17) is 5.11 Å². The van der Waals surface area contributed by atoms with Gasteiger partial charge >= 0.3 is 5.97 Å². The molecule has 0 aromatic heterocycles. The van der Waals surface area contributed by atoms with Gasteiger partial charge in [-0.3, -0.25) is 9.63 Å². The molecule has 1 N–H and O–H groups in total. The Hall–Kier alpha value is -1.37. The van der Waals surface area contributed by atoms with Gasteiger partial charge in [0.25, 0.3) is 5.09 Å². The molecule has 0 saturated carbocycles. The molecule has 0 spiro atoms. The van der Waals surface area contributed by atoms with Crippen LogP contribution in [0, 0.1) is 10.1 Å². The smallest absolute Gasteiger partial charge is 0.302 e. The highest BCUT2D eigenvalue weighted by molar-refractivity contribution is 5.65. The molecule has 0 aromatic carbocycles. The van der Waals surface area contributed by atoms with E-state index < -0.39 is 11.4 Å². The van der Waals surface area contributed by atoms with Gasteiger partial charge in [0.1, 0.15) is 0 Å². The van der Waals surface area contributed by atoms with Crippen LogP contribution < -0.4 is 0 Å². The zero-order chi connectivity index (χ0) is 11.0. The third-order valence-corrected chi connectivity index (χ3v) is 1.36. The van der Waals surface area contributed by atoms with Gasteiger partial charge in [0.15, 0.2) is 0 Å². The molecule has 0 rings (SSSR count). The Morgan fingerprint density at radius 1 is 1.57 bits per heavy atom. The maximum atomic E-state index is 10.3. The topological polar surface area (TPSA) is 98.9 Å². The molecular weight excluding hydrogens is 194 g/mol. The SMILES string of the molecule is CC(=O)OCCCCC(O)O[N+](=O)[O-]. The predicted octanol–water partition coefficient (Wildman–Crippen LogP) is 0.246. The standard InChI is InChI=1S/C7H13NO6/c1-6(9)13-5-3-2-4-7(10)14-8(11)12/h7,10H,2-5H2,1H3. The van der Waals surface area contributed by atoms with Crippen LogP contribution in [0.25, 0.3) is 0 Å². The Morgan fingerprint density at radius 3 is 2.71 bits per heavy atom. The van der Waals surface area contributed by atoms with Crippen molar-refractivity contribution in [1.82, 2.24) is 0 Å². The summed E-state index contributed by atoms with van der Waals surface area (Å²) in [6.45, 7) is 1.55. The maximum absolute atomic E-state index is 10.3. The van der Waals surface area contributed by atoms with Gasteiger partial charge in [-0.15, -0.1) is 10.1 Å². The summed E-state index contributed by atoms with van der Waals surface area (Å²) in [6, 6.07) is 0. The van der Waals surface area contributed by atoms with Crippen molar-refractivity contribution < 1.29 is 24.6 Å². The van der Waals surface area contributed by atoms with Crippen LogP contribution in [0.2, 0.25) is 0 Å². The molecule has 0 bridgehead atoms. The van der Waals surface area contributed by atoms with Crippen molar-refractivity contribution in [3.63, 3.8) is 0 Å². The number of esters is 1. The predicted molar refractivity (Wildman–Crippen MR) is 44.6 cm³/mol. The normalized spacial score (nSPS) is 11.9. The summed E-state index contributed by atoms with van der Waals surface area (Å²) in [7, 11) is 0. The van der Waals surface area contributed by atoms with Gasteiger partial charge in [0.2, 0.25) is 6.29 Å². The fraction of sp³-hybridized carbons (Fsp3) is 0.857. The fourth-order valence-electron chi connectivity index (χ4n) is 0.789. The van der Waals surface area contributed by atoms with Crippen LogP contribution in [0.5, 0.6) is 0 Å². The third-order valence-electron chi connectivity index (χ3n) is 1.36. The summed E-state index contributed by atoms with van der Waals surface area (Å²) in [4.78, 5) is 23.9. The molecule has 14 heavy (non-hydrogen) atoms. The molecule has 7 heteroatoms. The number of rotatable bonds is 7. The highest BCUT2D eigenvalue weighted by atomic mass is 17.0. The molecule has 0 fully saturated rings. The number of unbranched alkanes of at least 4 members (excludes halogenated alkanes) is 1. The second-order valence-corrected chi connectivity index (χ2v) is 2.62. The van der Waals surface area contributed by atoms with E-state index in [1.165, 1.54) is 6.92 Å². The highest BCUT2D eigenvalue weighted by Crippen LogP contribution is 2.02. The first-order chi connectivity index (χ1) is 6.52. The maximum Gasteiger partial charge on any atom is 0.302 e. The molecule has 7 nitrogen and oxygen atoms in total. The summed E-state index contributed by atoms with van der Waals surface area (Å²) < 4.78 is 4.61. The average molecular weight is 207 g/mol. The molecular formula is C7H13NO6. The summed E-state index contributed by atoms with van der Waals surface area (Å²) in [5.74, 6) is -0.368. The van der Waals surface area contributed by atoms with Gasteiger partial charge < -0.3 is 9.84 Å². The van der Waals surface area contributed by atoms with Gasteiger partial charge in [0.05, 0.1) is 6.61 Å². The Balaban J connectivity index is 3.27. The molecule has 0 amide bonds. The lowest BCUT2D eigenvalue weighted by Gasteiger charge is -2.07. The van der Waals surface area contributed by atoms with Crippen molar-refractivity contribution in [2.75, 3.05) is 6.61 Å². The Kier molecular flexibility index (Phi) is 6.38. The molecule has 1 unspecified atom stereocenters. The molecule has 1 atom stereocenters. The third kappa shape index (κ3) is 8.72. The number of carbonyl (C=O) groups is 1. The van der Waals surface area contributed by atoms with Crippen LogP contribution in [-0.4, -0.2) is 29.1 Å². The lowest BCUT2D eigenvalue weighted by atomic mass is 10.2.